The minimum absolute atomic E-state index is 0.0770. The predicted octanol–water partition coefficient (Wildman–Crippen LogP) is 3.07. The zero-order chi connectivity index (χ0) is 15.4. The van der Waals surface area contributed by atoms with Gasteiger partial charge in [0.05, 0.1) is 21.3 Å². The molecule has 2 aromatic rings. The van der Waals surface area contributed by atoms with Gasteiger partial charge in [0.15, 0.2) is 5.75 Å². The van der Waals surface area contributed by atoms with E-state index in [0.717, 1.165) is 5.56 Å². The summed E-state index contributed by atoms with van der Waals surface area (Å²) in [6, 6.07) is 4.95. The molecule has 0 radical (unpaired) electrons. The molecule has 0 fully saturated rings. The number of aromatic nitrogens is 1. The Kier molecular flexibility index (Phi) is 4.88. The minimum atomic E-state index is -0.417. The summed E-state index contributed by atoms with van der Waals surface area (Å²) in [5.74, 6) is -0.629. The van der Waals surface area contributed by atoms with E-state index in [1.165, 1.54) is 6.07 Å². The van der Waals surface area contributed by atoms with Crippen LogP contribution in [0.2, 0.25) is 10.0 Å². The van der Waals surface area contributed by atoms with Gasteiger partial charge in [-0.3, -0.25) is 9.78 Å². The molecule has 7 heteroatoms. The molecule has 0 bridgehead atoms. The van der Waals surface area contributed by atoms with Crippen molar-refractivity contribution >= 4 is 34.8 Å². The zero-order valence-corrected chi connectivity index (χ0v) is 12.7. The van der Waals surface area contributed by atoms with Crippen molar-refractivity contribution in [3.8, 4) is 5.75 Å². The number of phenolic OH excluding ortho intramolecular Hbond substituents is 1. The fourth-order valence-corrected chi connectivity index (χ4v) is 2.40. The Balaban J connectivity index is 2.25. The number of anilines is 1. The summed E-state index contributed by atoms with van der Waals surface area (Å²) in [4.78, 5) is 16.2. The van der Waals surface area contributed by atoms with E-state index >= 15 is 0 Å². The van der Waals surface area contributed by atoms with Gasteiger partial charge in [0, 0.05) is 26.0 Å². The van der Waals surface area contributed by atoms with Gasteiger partial charge in [-0.2, -0.15) is 0 Å². The second kappa shape index (κ2) is 6.65. The van der Waals surface area contributed by atoms with Gasteiger partial charge < -0.3 is 15.7 Å². The van der Waals surface area contributed by atoms with E-state index in [1.54, 1.807) is 25.5 Å². The van der Waals surface area contributed by atoms with Crippen molar-refractivity contribution in [3.63, 3.8) is 0 Å². The molecular weight excluding hydrogens is 313 g/mol. The third-order valence-corrected chi connectivity index (χ3v) is 3.44. The molecule has 1 aromatic carbocycles. The molecule has 2 rings (SSSR count). The Hall–Kier alpha value is -1.98. The predicted molar refractivity (Wildman–Crippen MR) is 83.1 cm³/mol. The smallest absolute Gasteiger partial charge is 0.255 e. The normalized spacial score (nSPS) is 10.2. The number of rotatable bonds is 4. The number of hydrogen-bond donors (Lipinski definition) is 3. The fourth-order valence-electron chi connectivity index (χ4n) is 1.85. The van der Waals surface area contributed by atoms with Gasteiger partial charge in [0.2, 0.25) is 0 Å². The molecule has 0 aliphatic rings. The maximum atomic E-state index is 12.3. The van der Waals surface area contributed by atoms with Crippen LogP contribution >= 0.6 is 23.2 Å². The van der Waals surface area contributed by atoms with Gasteiger partial charge in [0.1, 0.15) is 0 Å². The maximum absolute atomic E-state index is 12.3. The topological polar surface area (TPSA) is 74.2 Å². The number of pyridine rings is 1. The summed E-state index contributed by atoms with van der Waals surface area (Å²) in [6.07, 6.45) is 3.30. The van der Waals surface area contributed by atoms with Crippen LogP contribution < -0.4 is 10.6 Å². The van der Waals surface area contributed by atoms with Gasteiger partial charge in [0.25, 0.3) is 5.91 Å². The minimum Gasteiger partial charge on any atom is -0.504 e. The molecule has 0 unspecified atom stereocenters. The highest BCUT2D eigenvalue weighted by Gasteiger charge is 2.20. The average molecular weight is 326 g/mol. The number of nitrogens with one attached hydrogen (secondary N) is 2. The molecule has 0 atom stereocenters. The van der Waals surface area contributed by atoms with Gasteiger partial charge in [-0.25, -0.2) is 0 Å². The number of hydrogen-bond acceptors (Lipinski definition) is 4. The molecule has 5 nitrogen and oxygen atoms in total. The van der Waals surface area contributed by atoms with Crippen molar-refractivity contribution in [1.82, 2.24) is 10.3 Å². The fraction of sp³-hybridized carbons (Fsp3) is 0.143. The lowest BCUT2D eigenvalue weighted by Gasteiger charge is -2.14. The monoisotopic (exact) mass is 325 g/mol. The lowest BCUT2D eigenvalue weighted by atomic mass is 10.1. The highest BCUT2D eigenvalue weighted by molar-refractivity contribution is 6.38. The first-order valence-corrected chi connectivity index (χ1v) is 6.86. The van der Waals surface area contributed by atoms with Crippen LogP contribution in [0, 0.1) is 0 Å². The van der Waals surface area contributed by atoms with Crippen molar-refractivity contribution in [2.75, 3.05) is 12.4 Å². The van der Waals surface area contributed by atoms with Crippen LogP contribution in [0.3, 0.4) is 0 Å². The number of phenols is 1. The highest BCUT2D eigenvalue weighted by Crippen LogP contribution is 2.39. The van der Waals surface area contributed by atoms with Crippen LogP contribution in [0.1, 0.15) is 15.9 Å². The first-order chi connectivity index (χ1) is 10.0. The van der Waals surface area contributed by atoms with Gasteiger partial charge in [-0.15, -0.1) is 0 Å². The summed E-state index contributed by atoms with van der Waals surface area (Å²) >= 11 is 11.9. The zero-order valence-electron chi connectivity index (χ0n) is 11.2. The van der Waals surface area contributed by atoms with E-state index in [4.69, 9.17) is 23.2 Å². The van der Waals surface area contributed by atoms with Crippen LogP contribution in [-0.2, 0) is 6.54 Å². The first-order valence-electron chi connectivity index (χ1n) is 6.10. The number of carbonyl (C=O) groups excluding carboxylic acids is 1. The SMILES string of the molecule is CNc1c(O)c(Cl)cc(Cl)c1C(=O)NCc1cccnc1. The molecule has 0 saturated carbocycles. The molecule has 0 saturated heterocycles. The number of nitrogens with zero attached hydrogens (tertiary/aromatic N) is 1. The lowest BCUT2D eigenvalue weighted by Crippen LogP contribution is -2.24. The second-order valence-corrected chi connectivity index (χ2v) is 5.05. The summed E-state index contributed by atoms with van der Waals surface area (Å²) in [5, 5.41) is 15.6. The molecule has 3 N–H and O–H groups in total. The molecule has 0 aliphatic heterocycles. The average Bonchev–Trinajstić information content (AvgIpc) is 2.49. The van der Waals surface area contributed by atoms with Gasteiger partial charge in [-0.1, -0.05) is 29.3 Å². The summed E-state index contributed by atoms with van der Waals surface area (Å²) in [5.41, 5.74) is 1.19. The first kappa shape index (κ1) is 15.4. The Labute approximate surface area is 131 Å². The summed E-state index contributed by atoms with van der Waals surface area (Å²) in [7, 11) is 1.57. The number of aromatic hydroxyl groups is 1. The molecule has 1 aromatic heterocycles. The van der Waals surface area contributed by atoms with Gasteiger partial charge in [-0.05, 0) is 17.7 Å². The van der Waals surface area contributed by atoms with Crippen LogP contribution in [0.15, 0.2) is 30.6 Å². The molecule has 110 valence electrons. The highest BCUT2D eigenvalue weighted by atomic mass is 35.5. The Bertz CT molecular complexity index is 663. The van der Waals surface area contributed by atoms with Crippen molar-refractivity contribution in [3.05, 3.63) is 51.8 Å². The Morgan fingerprint density at radius 3 is 2.76 bits per heavy atom. The number of carbonyl (C=O) groups is 1. The van der Waals surface area contributed by atoms with Crippen molar-refractivity contribution in [2.45, 2.75) is 6.54 Å². The molecule has 1 heterocycles. The van der Waals surface area contributed by atoms with Crippen LogP contribution in [0.5, 0.6) is 5.75 Å². The third kappa shape index (κ3) is 3.37. The van der Waals surface area contributed by atoms with E-state index < -0.39 is 5.91 Å². The van der Waals surface area contributed by atoms with E-state index in [2.05, 4.69) is 15.6 Å². The van der Waals surface area contributed by atoms with Crippen LogP contribution in [0.25, 0.3) is 0 Å². The van der Waals surface area contributed by atoms with E-state index in [9.17, 15) is 9.90 Å². The largest absolute Gasteiger partial charge is 0.504 e. The van der Waals surface area contributed by atoms with Crippen molar-refractivity contribution in [1.29, 1.82) is 0 Å². The molecule has 0 aliphatic carbocycles. The van der Waals surface area contributed by atoms with Crippen LogP contribution in [0.4, 0.5) is 5.69 Å². The summed E-state index contributed by atoms with van der Waals surface area (Å²) < 4.78 is 0. The number of halogens is 2. The Morgan fingerprint density at radius 1 is 1.38 bits per heavy atom. The van der Waals surface area contributed by atoms with E-state index in [-0.39, 0.29) is 27.0 Å². The Morgan fingerprint density at radius 2 is 2.14 bits per heavy atom. The molecule has 0 spiro atoms. The number of benzene rings is 1. The standard InChI is InChI=1S/C14H13Cl2N3O2/c1-17-12-11(9(15)5-10(16)13(12)20)14(21)19-7-8-3-2-4-18-6-8/h2-6,17,20H,7H2,1H3,(H,19,21). The van der Waals surface area contributed by atoms with Gasteiger partial charge >= 0.3 is 0 Å². The van der Waals surface area contributed by atoms with Crippen molar-refractivity contribution in [2.24, 2.45) is 0 Å². The molecule has 21 heavy (non-hydrogen) atoms. The lowest BCUT2D eigenvalue weighted by molar-refractivity contribution is 0.0951. The van der Waals surface area contributed by atoms with E-state index in [1.807, 2.05) is 6.07 Å². The molecular formula is C14H13Cl2N3O2. The maximum Gasteiger partial charge on any atom is 0.255 e. The number of amides is 1. The van der Waals surface area contributed by atoms with Crippen LogP contribution in [-0.4, -0.2) is 23.0 Å². The third-order valence-electron chi connectivity index (χ3n) is 2.86. The quantitative estimate of drug-likeness (QED) is 0.755. The van der Waals surface area contributed by atoms with Crippen molar-refractivity contribution < 1.29 is 9.90 Å². The summed E-state index contributed by atoms with van der Waals surface area (Å²) in [6.45, 7) is 0.301. The second-order valence-electron chi connectivity index (χ2n) is 4.23. The van der Waals surface area contributed by atoms with E-state index in [0.29, 0.717) is 6.54 Å². The molecule has 1 amide bonds.